The van der Waals surface area contributed by atoms with E-state index in [0.717, 1.165) is 30.9 Å². The number of nitrogens with zero attached hydrogens (tertiary/aromatic N) is 3. The zero-order chi connectivity index (χ0) is 19.2. The predicted molar refractivity (Wildman–Crippen MR) is 91.1 cm³/mol. The molecule has 0 aliphatic carbocycles. The molecule has 1 N–H and O–H groups in total. The van der Waals surface area contributed by atoms with Gasteiger partial charge in [0.1, 0.15) is 18.2 Å². The molecule has 2 aromatic heterocycles. The lowest BCUT2D eigenvalue weighted by atomic mass is 10.3. The van der Waals surface area contributed by atoms with Crippen LogP contribution < -0.4 is 10.1 Å². The molecule has 0 bridgehead atoms. The van der Waals surface area contributed by atoms with Gasteiger partial charge in [0.2, 0.25) is 0 Å². The summed E-state index contributed by atoms with van der Waals surface area (Å²) in [5.41, 5.74) is 0.104. The van der Waals surface area contributed by atoms with E-state index in [-0.39, 0.29) is 29.7 Å². The summed E-state index contributed by atoms with van der Waals surface area (Å²) in [4.78, 5) is 16.2. The fourth-order valence-corrected chi connectivity index (χ4v) is 2.41. The summed E-state index contributed by atoms with van der Waals surface area (Å²) in [5, 5.41) is 6.42. The Kier molecular flexibility index (Phi) is 5.80. The average molecular weight is 376 g/mol. The average Bonchev–Trinajstić information content (AvgIpc) is 3.27. The number of nitrogens with one attached hydrogen (secondary N) is 1. The van der Waals surface area contributed by atoms with Gasteiger partial charge in [-0.3, -0.25) is 4.79 Å². The second-order valence-corrected chi connectivity index (χ2v) is 5.82. The van der Waals surface area contributed by atoms with E-state index in [1.54, 1.807) is 6.20 Å². The van der Waals surface area contributed by atoms with Gasteiger partial charge in [0, 0.05) is 37.6 Å². The summed E-state index contributed by atoms with van der Waals surface area (Å²) in [6.45, 7) is 2.99. The Balaban J connectivity index is 1.45. The first-order valence-corrected chi connectivity index (χ1v) is 8.32. The molecule has 27 heavy (non-hydrogen) atoms. The van der Waals surface area contributed by atoms with Crippen LogP contribution in [0.3, 0.4) is 0 Å². The van der Waals surface area contributed by atoms with Crippen LogP contribution in [0.25, 0.3) is 0 Å². The number of aryl methyl sites for hydroxylation is 2. The molecule has 0 saturated carbocycles. The van der Waals surface area contributed by atoms with Crippen LogP contribution in [-0.2, 0) is 13.2 Å². The first kappa shape index (κ1) is 18.6. The van der Waals surface area contributed by atoms with Crippen molar-refractivity contribution in [2.45, 2.75) is 26.5 Å². The number of carbonyl (C=O) groups excluding carboxylic acids is 1. The topological polar surface area (TPSA) is 82.2 Å². The number of aromatic nitrogens is 3. The largest absolute Gasteiger partial charge is 0.482 e. The second kappa shape index (κ2) is 8.43. The molecule has 3 rings (SSSR count). The van der Waals surface area contributed by atoms with Gasteiger partial charge in [-0.1, -0.05) is 5.16 Å². The number of rotatable bonds is 8. The first-order chi connectivity index (χ1) is 13.0. The van der Waals surface area contributed by atoms with Gasteiger partial charge in [0.05, 0.1) is 0 Å². The summed E-state index contributed by atoms with van der Waals surface area (Å²) >= 11 is 0. The lowest BCUT2D eigenvalue weighted by Gasteiger charge is -2.05. The first-order valence-electron chi connectivity index (χ1n) is 8.32. The molecule has 7 nitrogen and oxygen atoms in total. The highest BCUT2D eigenvalue weighted by Crippen LogP contribution is 2.19. The number of halogens is 2. The van der Waals surface area contributed by atoms with Gasteiger partial charge in [-0.05, 0) is 25.5 Å². The van der Waals surface area contributed by atoms with Crippen molar-refractivity contribution in [2.24, 2.45) is 0 Å². The Labute approximate surface area is 153 Å². The minimum atomic E-state index is -0.819. The van der Waals surface area contributed by atoms with E-state index in [1.807, 2.05) is 17.7 Å². The maximum absolute atomic E-state index is 13.5. The van der Waals surface area contributed by atoms with Crippen LogP contribution in [0, 0.1) is 18.6 Å². The van der Waals surface area contributed by atoms with Crippen molar-refractivity contribution < 1.29 is 22.8 Å². The van der Waals surface area contributed by atoms with Gasteiger partial charge in [0.25, 0.3) is 5.91 Å². The van der Waals surface area contributed by atoms with Crippen molar-refractivity contribution >= 4 is 5.91 Å². The molecule has 0 saturated heterocycles. The van der Waals surface area contributed by atoms with E-state index in [1.165, 1.54) is 12.1 Å². The van der Waals surface area contributed by atoms with Crippen LogP contribution in [0.2, 0.25) is 0 Å². The summed E-state index contributed by atoms with van der Waals surface area (Å²) < 4.78 is 38.6. The second-order valence-electron chi connectivity index (χ2n) is 5.82. The third-order valence-electron chi connectivity index (χ3n) is 3.84. The van der Waals surface area contributed by atoms with Crippen LogP contribution in [-0.4, -0.2) is 27.2 Å². The molecule has 1 amide bonds. The molecule has 0 radical (unpaired) electrons. The van der Waals surface area contributed by atoms with E-state index in [0.29, 0.717) is 6.54 Å². The van der Waals surface area contributed by atoms with Crippen molar-refractivity contribution in [1.82, 2.24) is 20.0 Å². The molecule has 0 atom stereocenters. The maximum atomic E-state index is 13.5. The highest BCUT2D eigenvalue weighted by molar-refractivity contribution is 5.92. The zero-order valence-corrected chi connectivity index (χ0v) is 14.6. The highest BCUT2D eigenvalue weighted by Gasteiger charge is 2.13. The smallest absolute Gasteiger partial charge is 0.273 e. The number of ether oxygens (including phenoxy) is 1. The van der Waals surface area contributed by atoms with Gasteiger partial charge >= 0.3 is 0 Å². The third kappa shape index (κ3) is 4.90. The monoisotopic (exact) mass is 376 g/mol. The van der Waals surface area contributed by atoms with E-state index < -0.39 is 11.6 Å². The van der Waals surface area contributed by atoms with Crippen molar-refractivity contribution in [3.8, 4) is 5.75 Å². The van der Waals surface area contributed by atoms with Crippen LogP contribution in [0.5, 0.6) is 5.75 Å². The molecule has 9 heteroatoms. The lowest BCUT2D eigenvalue weighted by Crippen LogP contribution is -2.25. The Morgan fingerprint density at radius 2 is 2.19 bits per heavy atom. The zero-order valence-electron chi connectivity index (χ0n) is 14.6. The van der Waals surface area contributed by atoms with Gasteiger partial charge in [-0.25, -0.2) is 13.8 Å². The summed E-state index contributed by atoms with van der Waals surface area (Å²) in [5.74, 6) is -0.839. The molecular weight excluding hydrogens is 358 g/mol. The van der Waals surface area contributed by atoms with Crippen LogP contribution >= 0.6 is 0 Å². The molecular formula is C18H18F2N4O3. The molecule has 142 valence electrons. The van der Waals surface area contributed by atoms with Crippen molar-refractivity contribution in [2.75, 3.05) is 6.54 Å². The molecule has 1 aromatic carbocycles. The standard InChI is InChI=1S/C18H18F2N4O3/c1-12-21-6-8-24(12)7-2-5-22-18(25)16-10-14(27-23-16)11-26-17-4-3-13(19)9-15(17)20/h3-4,6,8-10H,2,5,7,11H2,1H3,(H,22,25). The molecule has 0 aliphatic rings. The normalized spacial score (nSPS) is 10.8. The van der Waals surface area contributed by atoms with Gasteiger partial charge in [0.15, 0.2) is 23.0 Å². The molecule has 0 spiro atoms. The van der Waals surface area contributed by atoms with Crippen molar-refractivity contribution in [3.63, 3.8) is 0 Å². The minimum absolute atomic E-state index is 0.104. The van der Waals surface area contributed by atoms with E-state index >= 15 is 0 Å². The molecule has 0 aliphatic heterocycles. The highest BCUT2D eigenvalue weighted by atomic mass is 19.1. The third-order valence-corrected chi connectivity index (χ3v) is 3.84. The Hall–Kier alpha value is -3.23. The van der Waals surface area contributed by atoms with E-state index in [9.17, 15) is 13.6 Å². The Morgan fingerprint density at radius 3 is 2.93 bits per heavy atom. The molecule has 3 aromatic rings. The van der Waals surface area contributed by atoms with Crippen molar-refractivity contribution in [3.05, 3.63) is 65.6 Å². The van der Waals surface area contributed by atoms with Gasteiger partial charge < -0.3 is 19.1 Å². The number of hydrogen-bond donors (Lipinski definition) is 1. The quantitative estimate of drug-likeness (QED) is 0.612. The SMILES string of the molecule is Cc1nccn1CCCNC(=O)c1cc(COc2ccc(F)cc2F)on1. The van der Waals surface area contributed by atoms with Gasteiger partial charge in [-0.2, -0.15) is 0 Å². The van der Waals surface area contributed by atoms with Crippen LogP contribution in [0.4, 0.5) is 8.78 Å². The van der Waals surface area contributed by atoms with E-state index in [2.05, 4.69) is 15.5 Å². The fraction of sp³-hybridized carbons (Fsp3) is 0.278. The predicted octanol–water partition coefficient (Wildman–Crippen LogP) is 2.86. The van der Waals surface area contributed by atoms with Crippen LogP contribution in [0.1, 0.15) is 28.5 Å². The number of imidazole rings is 1. The molecule has 0 unspecified atom stereocenters. The van der Waals surface area contributed by atoms with E-state index in [4.69, 9.17) is 9.26 Å². The Morgan fingerprint density at radius 1 is 1.33 bits per heavy atom. The number of benzene rings is 1. The lowest BCUT2D eigenvalue weighted by molar-refractivity contribution is 0.0943. The summed E-state index contributed by atoms with van der Waals surface area (Å²) in [6.07, 6.45) is 4.34. The summed E-state index contributed by atoms with van der Waals surface area (Å²) in [6, 6.07) is 4.40. The molecule has 2 heterocycles. The van der Waals surface area contributed by atoms with Crippen LogP contribution in [0.15, 0.2) is 41.2 Å². The van der Waals surface area contributed by atoms with Gasteiger partial charge in [-0.15, -0.1) is 0 Å². The van der Waals surface area contributed by atoms with Crippen molar-refractivity contribution in [1.29, 1.82) is 0 Å². The summed E-state index contributed by atoms with van der Waals surface area (Å²) in [7, 11) is 0. The number of amides is 1. The minimum Gasteiger partial charge on any atom is -0.482 e. The fourth-order valence-electron chi connectivity index (χ4n) is 2.41. The maximum Gasteiger partial charge on any atom is 0.273 e. The number of hydrogen-bond acceptors (Lipinski definition) is 5. The Bertz CT molecular complexity index is 923. The number of carbonyl (C=O) groups is 1. The molecule has 0 fully saturated rings.